The molecule has 0 bridgehead atoms. The number of hydrogen-bond donors (Lipinski definition) is 1. The molecule has 0 aliphatic heterocycles. The summed E-state index contributed by atoms with van der Waals surface area (Å²) in [4.78, 5) is 17.9. The first kappa shape index (κ1) is 15.6. The summed E-state index contributed by atoms with van der Waals surface area (Å²) in [7, 11) is 0. The molecule has 1 saturated carbocycles. The minimum atomic E-state index is -0.182. The van der Waals surface area contributed by atoms with Crippen LogP contribution in [-0.4, -0.2) is 24.4 Å². The molecule has 0 aromatic carbocycles. The predicted molar refractivity (Wildman–Crippen MR) is 93.3 cm³/mol. The molecule has 0 unspecified atom stereocenters. The van der Waals surface area contributed by atoms with Crippen molar-refractivity contribution in [3.05, 3.63) is 40.1 Å². The van der Waals surface area contributed by atoms with Gasteiger partial charge >= 0.3 is 0 Å². The molecule has 0 atom stereocenters. The molecule has 4 rings (SSSR count). The van der Waals surface area contributed by atoms with Gasteiger partial charge in [-0.2, -0.15) is 10.4 Å². The molecular formula is C18H20N6O. The maximum absolute atomic E-state index is 13.2. The Labute approximate surface area is 144 Å². The summed E-state index contributed by atoms with van der Waals surface area (Å²) in [5.74, 6) is 0. The summed E-state index contributed by atoms with van der Waals surface area (Å²) in [6.45, 7) is 6.22. The Morgan fingerprint density at radius 1 is 1.40 bits per heavy atom. The van der Waals surface area contributed by atoms with Crippen molar-refractivity contribution in [2.24, 2.45) is 0 Å². The van der Waals surface area contributed by atoms with Crippen molar-refractivity contribution < 1.29 is 0 Å². The van der Waals surface area contributed by atoms with Crippen LogP contribution in [0.15, 0.2) is 23.4 Å². The molecule has 7 heteroatoms. The molecule has 0 radical (unpaired) electrons. The van der Waals surface area contributed by atoms with E-state index in [1.165, 1.54) is 10.7 Å². The van der Waals surface area contributed by atoms with Gasteiger partial charge in [0.15, 0.2) is 5.65 Å². The Balaban J connectivity index is 2.04. The second kappa shape index (κ2) is 5.31. The van der Waals surface area contributed by atoms with Crippen LogP contribution < -0.4 is 5.56 Å². The minimum Gasteiger partial charge on any atom is -0.295 e. The van der Waals surface area contributed by atoms with Gasteiger partial charge in [0, 0.05) is 29.4 Å². The molecule has 25 heavy (non-hydrogen) atoms. The Bertz CT molecular complexity index is 1060. The molecule has 3 aromatic heterocycles. The Kier molecular flexibility index (Phi) is 3.32. The van der Waals surface area contributed by atoms with Crippen LogP contribution >= 0.6 is 0 Å². The van der Waals surface area contributed by atoms with E-state index in [1.807, 2.05) is 10.9 Å². The third-order valence-corrected chi connectivity index (χ3v) is 5.25. The van der Waals surface area contributed by atoms with Crippen molar-refractivity contribution in [3.8, 4) is 17.3 Å². The number of hydrogen-bond acceptors (Lipinski definition) is 4. The molecule has 3 aromatic rings. The molecule has 1 fully saturated rings. The average molecular weight is 336 g/mol. The summed E-state index contributed by atoms with van der Waals surface area (Å²) < 4.78 is 3.24. The largest absolute Gasteiger partial charge is 0.295 e. The van der Waals surface area contributed by atoms with Crippen LogP contribution in [0.3, 0.4) is 0 Å². The smallest absolute Gasteiger partial charge is 0.277 e. The summed E-state index contributed by atoms with van der Waals surface area (Å²) in [5.41, 5.74) is 2.60. The van der Waals surface area contributed by atoms with Gasteiger partial charge in [-0.3, -0.25) is 14.6 Å². The second-order valence-electron chi connectivity index (χ2n) is 7.32. The molecule has 1 aliphatic rings. The second-order valence-corrected chi connectivity index (χ2v) is 7.32. The van der Waals surface area contributed by atoms with Crippen molar-refractivity contribution in [1.82, 2.24) is 24.4 Å². The van der Waals surface area contributed by atoms with Gasteiger partial charge in [0.05, 0.1) is 17.5 Å². The zero-order valence-electron chi connectivity index (χ0n) is 14.6. The number of H-pyrrole nitrogens is 1. The predicted octanol–water partition coefficient (Wildman–Crippen LogP) is 2.78. The van der Waals surface area contributed by atoms with Crippen molar-refractivity contribution in [2.45, 2.75) is 51.5 Å². The molecule has 1 N–H and O–H groups in total. The quantitative estimate of drug-likeness (QED) is 0.796. The lowest BCUT2D eigenvalue weighted by Crippen LogP contribution is -2.39. The van der Waals surface area contributed by atoms with E-state index in [4.69, 9.17) is 4.98 Å². The highest BCUT2D eigenvalue weighted by atomic mass is 16.1. The van der Waals surface area contributed by atoms with Gasteiger partial charge in [-0.15, -0.1) is 0 Å². The van der Waals surface area contributed by atoms with Gasteiger partial charge < -0.3 is 0 Å². The van der Waals surface area contributed by atoms with Crippen LogP contribution in [0.1, 0.15) is 57.2 Å². The van der Waals surface area contributed by atoms with E-state index in [1.54, 1.807) is 6.20 Å². The number of nitrogens with zero attached hydrogens (tertiary/aromatic N) is 5. The van der Waals surface area contributed by atoms with E-state index in [2.05, 4.69) is 37.0 Å². The van der Waals surface area contributed by atoms with Gasteiger partial charge in [-0.05, 0) is 26.7 Å². The Hall–Kier alpha value is -2.88. The van der Waals surface area contributed by atoms with Crippen LogP contribution in [0.4, 0.5) is 0 Å². The van der Waals surface area contributed by atoms with E-state index in [0.29, 0.717) is 22.5 Å². The summed E-state index contributed by atoms with van der Waals surface area (Å²) in [6.07, 6.45) is 8.24. The SMILES string of the molecule is CC(C)n1cc(-c2nc3c(C#N)c[nH]n3c(=O)c2C2(C)CCC2)cn1. The highest BCUT2D eigenvalue weighted by molar-refractivity contribution is 5.68. The minimum absolute atomic E-state index is 0.124. The topological polar surface area (TPSA) is 91.8 Å². The average Bonchev–Trinajstić information content (AvgIpc) is 3.19. The van der Waals surface area contributed by atoms with Crippen LogP contribution in [0.5, 0.6) is 0 Å². The third-order valence-electron chi connectivity index (χ3n) is 5.25. The van der Waals surface area contributed by atoms with Crippen LogP contribution in [0.25, 0.3) is 16.9 Å². The molecule has 1 aliphatic carbocycles. The van der Waals surface area contributed by atoms with Gasteiger partial charge in [0.2, 0.25) is 0 Å². The lowest BCUT2D eigenvalue weighted by Gasteiger charge is -2.38. The highest BCUT2D eigenvalue weighted by Crippen LogP contribution is 2.44. The number of rotatable bonds is 3. The maximum atomic E-state index is 13.2. The number of nitrogens with one attached hydrogen (secondary N) is 1. The zero-order valence-corrected chi connectivity index (χ0v) is 14.6. The number of fused-ring (bicyclic) bond motifs is 1. The van der Waals surface area contributed by atoms with Crippen molar-refractivity contribution in [2.75, 3.05) is 0 Å². The fourth-order valence-electron chi connectivity index (χ4n) is 3.55. The van der Waals surface area contributed by atoms with Crippen molar-refractivity contribution >= 4 is 5.65 Å². The first-order valence-corrected chi connectivity index (χ1v) is 8.54. The number of aromatic amines is 1. The molecule has 0 spiro atoms. The maximum Gasteiger partial charge on any atom is 0.277 e. The van der Waals surface area contributed by atoms with Crippen molar-refractivity contribution in [1.29, 1.82) is 5.26 Å². The molecule has 128 valence electrons. The number of aromatic nitrogens is 5. The van der Waals surface area contributed by atoms with Gasteiger partial charge in [0.1, 0.15) is 11.6 Å². The lowest BCUT2D eigenvalue weighted by atomic mass is 9.65. The molecule has 7 nitrogen and oxygen atoms in total. The highest BCUT2D eigenvalue weighted by Gasteiger charge is 2.39. The van der Waals surface area contributed by atoms with Gasteiger partial charge in [0.25, 0.3) is 5.56 Å². The van der Waals surface area contributed by atoms with Gasteiger partial charge in [-0.25, -0.2) is 9.50 Å². The van der Waals surface area contributed by atoms with Gasteiger partial charge in [-0.1, -0.05) is 13.3 Å². The monoisotopic (exact) mass is 336 g/mol. The van der Waals surface area contributed by atoms with E-state index < -0.39 is 0 Å². The standard InChI is InChI=1S/C18H20N6O/c1-11(2)23-10-13(9-20-23)15-14(18(3)5-4-6-18)17(25)24-16(22-15)12(7-19)8-21-24/h8-11,21H,4-6H2,1-3H3. The number of nitriles is 1. The van der Waals surface area contributed by atoms with E-state index in [9.17, 15) is 10.1 Å². The third kappa shape index (κ3) is 2.21. The normalized spacial score (nSPS) is 16.1. The Morgan fingerprint density at radius 2 is 2.16 bits per heavy atom. The first-order valence-electron chi connectivity index (χ1n) is 8.54. The molecule has 0 saturated heterocycles. The fraction of sp³-hybridized carbons (Fsp3) is 0.444. The van der Waals surface area contributed by atoms with Crippen LogP contribution in [0.2, 0.25) is 0 Å². The zero-order chi connectivity index (χ0) is 17.8. The summed E-state index contributed by atoms with van der Waals surface area (Å²) in [5, 5.41) is 16.6. The van der Waals surface area contributed by atoms with Crippen molar-refractivity contribution in [3.63, 3.8) is 0 Å². The van der Waals surface area contributed by atoms with Crippen LogP contribution in [0, 0.1) is 11.3 Å². The van der Waals surface area contributed by atoms with E-state index >= 15 is 0 Å². The molecule has 3 heterocycles. The Morgan fingerprint density at radius 3 is 2.72 bits per heavy atom. The molecule has 0 amide bonds. The lowest BCUT2D eigenvalue weighted by molar-refractivity contribution is 0.269. The van der Waals surface area contributed by atoms with E-state index in [0.717, 1.165) is 24.8 Å². The van der Waals surface area contributed by atoms with Crippen LogP contribution in [-0.2, 0) is 5.41 Å². The van der Waals surface area contributed by atoms with E-state index in [-0.39, 0.29) is 17.0 Å². The molecular weight excluding hydrogens is 316 g/mol. The summed E-state index contributed by atoms with van der Waals surface area (Å²) in [6, 6.07) is 2.32. The fourth-order valence-corrected chi connectivity index (χ4v) is 3.55. The first-order chi connectivity index (χ1) is 11.9. The summed E-state index contributed by atoms with van der Waals surface area (Å²) >= 11 is 0.